The van der Waals surface area contributed by atoms with Crippen molar-refractivity contribution in [3.05, 3.63) is 41.1 Å². The van der Waals surface area contributed by atoms with Gasteiger partial charge in [-0.2, -0.15) is 5.10 Å². The first-order chi connectivity index (χ1) is 10.3. The second-order valence-electron chi connectivity index (χ2n) is 5.64. The first kappa shape index (κ1) is 14.6. The predicted molar refractivity (Wildman–Crippen MR) is 81.8 cm³/mol. The summed E-state index contributed by atoms with van der Waals surface area (Å²) in [7, 11) is 0. The molecule has 1 atom stereocenters. The highest BCUT2D eigenvalue weighted by Crippen LogP contribution is 2.28. The minimum Gasteiger partial charge on any atom is -0.448 e. The molecule has 3 N–H and O–H groups in total. The standard InChI is InChI=1S/C15H21ClN4O/c16-15-7-6-14(21-15)13(18-17)10-11-8-9-20(19-11)12-4-2-1-3-5-12/h6-9,12-13,18H,1-5,10,17H2. The summed E-state index contributed by atoms with van der Waals surface area (Å²) in [5.41, 5.74) is 3.78. The van der Waals surface area contributed by atoms with E-state index in [4.69, 9.17) is 27.0 Å². The molecule has 1 aliphatic carbocycles. The second-order valence-corrected chi connectivity index (χ2v) is 6.02. The smallest absolute Gasteiger partial charge is 0.193 e. The quantitative estimate of drug-likeness (QED) is 0.656. The van der Waals surface area contributed by atoms with Gasteiger partial charge in [0, 0.05) is 12.6 Å². The normalized spacial score (nSPS) is 18.0. The van der Waals surface area contributed by atoms with Crippen LogP contribution < -0.4 is 11.3 Å². The molecule has 0 spiro atoms. The average Bonchev–Trinajstić information content (AvgIpc) is 3.15. The molecule has 6 heteroatoms. The van der Waals surface area contributed by atoms with Crippen molar-refractivity contribution in [1.82, 2.24) is 15.2 Å². The molecule has 0 saturated heterocycles. The minimum atomic E-state index is -0.118. The van der Waals surface area contributed by atoms with Crippen LogP contribution in [0.25, 0.3) is 0 Å². The van der Waals surface area contributed by atoms with Gasteiger partial charge in [-0.3, -0.25) is 10.5 Å². The maximum Gasteiger partial charge on any atom is 0.193 e. The lowest BCUT2D eigenvalue weighted by atomic mass is 9.96. The molecule has 2 heterocycles. The highest BCUT2D eigenvalue weighted by molar-refractivity contribution is 6.28. The fraction of sp³-hybridized carbons (Fsp3) is 0.533. The number of halogens is 1. The van der Waals surface area contributed by atoms with E-state index in [1.807, 2.05) is 6.07 Å². The first-order valence-corrected chi connectivity index (χ1v) is 7.89. The van der Waals surface area contributed by atoms with E-state index in [1.54, 1.807) is 6.07 Å². The number of hydrazine groups is 1. The van der Waals surface area contributed by atoms with E-state index < -0.39 is 0 Å². The Balaban J connectivity index is 1.68. The van der Waals surface area contributed by atoms with Crippen molar-refractivity contribution in [3.63, 3.8) is 0 Å². The van der Waals surface area contributed by atoms with Gasteiger partial charge in [0.05, 0.1) is 17.8 Å². The van der Waals surface area contributed by atoms with Gasteiger partial charge < -0.3 is 4.42 Å². The Bertz CT molecular complexity index is 574. The summed E-state index contributed by atoms with van der Waals surface area (Å²) in [5.74, 6) is 6.36. The van der Waals surface area contributed by atoms with E-state index >= 15 is 0 Å². The third-order valence-corrected chi connectivity index (χ3v) is 4.37. The molecule has 1 unspecified atom stereocenters. The van der Waals surface area contributed by atoms with E-state index in [-0.39, 0.29) is 6.04 Å². The lowest BCUT2D eigenvalue weighted by Gasteiger charge is -2.21. The zero-order chi connectivity index (χ0) is 14.7. The monoisotopic (exact) mass is 308 g/mol. The Hall–Kier alpha value is -1.30. The van der Waals surface area contributed by atoms with Crippen molar-refractivity contribution >= 4 is 11.6 Å². The zero-order valence-electron chi connectivity index (χ0n) is 12.0. The van der Waals surface area contributed by atoms with Crippen LogP contribution in [0.15, 0.2) is 28.8 Å². The van der Waals surface area contributed by atoms with Crippen molar-refractivity contribution < 1.29 is 4.42 Å². The fourth-order valence-corrected chi connectivity index (χ4v) is 3.15. The van der Waals surface area contributed by atoms with E-state index in [2.05, 4.69) is 22.4 Å². The van der Waals surface area contributed by atoms with Gasteiger partial charge in [-0.1, -0.05) is 19.3 Å². The largest absolute Gasteiger partial charge is 0.448 e. The molecule has 0 aliphatic heterocycles. The summed E-state index contributed by atoms with van der Waals surface area (Å²) in [4.78, 5) is 0. The molecular weight excluding hydrogens is 288 g/mol. The van der Waals surface area contributed by atoms with Gasteiger partial charge >= 0.3 is 0 Å². The van der Waals surface area contributed by atoms with Crippen LogP contribution in [0, 0.1) is 0 Å². The number of hydrogen-bond donors (Lipinski definition) is 2. The summed E-state index contributed by atoms with van der Waals surface area (Å²) >= 11 is 5.82. The molecule has 2 aromatic heterocycles. The molecule has 1 fully saturated rings. The van der Waals surface area contributed by atoms with Crippen molar-refractivity contribution in [1.29, 1.82) is 0 Å². The fourth-order valence-electron chi connectivity index (χ4n) is 3.00. The summed E-state index contributed by atoms with van der Waals surface area (Å²) in [6.07, 6.45) is 9.17. The van der Waals surface area contributed by atoms with Crippen LogP contribution in [0.5, 0.6) is 0 Å². The topological polar surface area (TPSA) is 69.0 Å². The number of aromatic nitrogens is 2. The van der Waals surface area contributed by atoms with Crippen LogP contribution in [0.4, 0.5) is 0 Å². The molecule has 21 heavy (non-hydrogen) atoms. The van der Waals surface area contributed by atoms with Crippen LogP contribution in [0.2, 0.25) is 5.22 Å². The van der Waals surface area contributed by atoms with Crippen LogP contribution in [-0.2, 0) is 6.42 Å². The number of nitrogens with two attached hydrogens (primary N) is 1. The predicted octanol–water partition coefficient (Wildman–Crippen LogP) is 3.38. The maximum atomic E-state index is 5.82. The van der Waals surface area contributed by atoms with Crippen LogP contribution in [0.3, 0.4) is 0 Å². The molecule has 1 aliphatic rings. The lowest BCUT2D eigenvalue weighted by molar-refractivity contribution is 0.327. The van der Waals surface area contributed by atoms with E-state index in [9.17, 15) is 0 Å². The molecule has 3 rings (SSSR count). The molecule has 2 aromatic rings. The van der Waals surface area contributed by atoms with Gasteiger partial charge in [-0.15, -0.1) is 0 Å². The summed E-state index contributed by atoms with van der Waals surface area (Å²) in [6.45, 7) is 0. The van der Waals surface area contributed by atoms with Crippen molar-refractivity contribution in [3.8, 4) is 0 Å². The van der Waals surface area contributed by atoms with Gasteiger partial charge in [0.15, 0.2) is 5.22 Å². The highest BCUT2D eigenvalue weighted by Gasteiger charge is 2.19. The number of furan rings is 1. The van der Waals surface area contributed by atoms with Gasteiger partial charge in [-0.25, -0.2) is 5.43 Å². The van der Waals surface area contributed by atoms with Gasteiger partial charge in [0.2, 0.25) is 0 Å². The third-order valence-electron chi connectivity index (χ3n) is 4.16. The Morgan fingerprint density at radius 2 is 2.14 bits per heavy atom. The first-order valence-electron chi connectivity index (χ1n) is 7.51. The average molecular weight is 309 g/mol. The molecule has 0 bridgehead atoms. The number of rotatable bonds is 5. The second kappa shape index (κ2) is 6.64. The lowest BCUT2D eigenvalue weighted by Crippen LogP contribution is -2.29. The highest BCUT2D eigenvalue weighted by atomic mass is 35.5. The van der Waals surface area contributed by atoms with E-state index in [1.165, 1.54) is 32.1 Å². The molecule has 0 aromatic carbocycles. The number of nitrogens with one attached hydrogen (secondary N) is 1. The Kier molecular flexibility index (Phi) is 4.63. The SMILES string of the molecule is NNC(Cc1ccn(C2CCCCC2)n1)c1ccc(Cl)o1. The third kappa shape index (κ3) is 3.48. The number of hydrogen-bond acceptors (Lipinski definition) is 4. The molecule has 114 valence electrons. The van der Waals surface area contributed by atoms with Crippen molar-refractivity contribution in [2.24, 2.45) is 5.84 Å². The minimum absolute atomic E-state index is 0.118. The van der Waals surface area contributed by atoms with Crippen LogP contribution >= 0.6 is 11.6 Å². The Morgan fingerprint density at radius 3 is 2.81 bits per heavy atom. The van der Waals surface area contributed by atoms with Crippen molar-refractivity contribution in [2.45, 2.75) is 50.6 Å². The summed E-state index contributed by atoms with van der Waals surface area (Å²) < 4.78 is 7.53. The van der Waals surface area contributed by atoms with E-state index in [0.717, 1.165) is 11.5 Å². The number of nitrogens with zero attached hydrogens (tertiary/aromatic N) is 2. The zero-order valence-corrected chi connectivity index (χ0v) is 12.7. The molecule has 0 amide bonds. The maximum absolute atomic E-state index is 5.82. The molecular formula is C15H21ClN4O. The van der Waals surface area contributed by atoms with Crippen LogP contribution in [0.1, 0.15) is 55.6 Å². The van der Waals surface area contributed by atoms with E-state index in [0.29, 0.717) is 17.7 Å². The van der Waals surface area contributed by atoms with Gasteiger partial charge in [0.25, 0.3) is 0 Å². The Labute approximate surface area is 129 Å². The molecule has 1 saturated carbocycles. The van der Waals surface area contributed by atoms with Gasteiger partial charge in [-0.05, 0) is 42.6 Å². The summed E-state index contributed by atoms with van der Waals surface area (Å²) in [6, 6.07) is 6.05. The van der Waals surface area contributed by atoms with Crippen LogP contribution in [-0.4, -0.2) is 9.78 Å². The molecule has 5 nitrogen and oxygen atoms in total. The van der Waals surface area contributed by atoms with Gasteiger partial charge in [0.1, 0.15) is 5.76 Å². The van der Waals surface area contributed by atoms with Crippen molar-refractivity contribution in [2.75, 3.05) is 0 Å². The molecule has 0 radical (unpaired) electrons. The summed E-state index contributed by atoms with van der Waals surface area (Å²) in [5, 5.41) is 5.07. The Morgan fingerprint density at radius 1 is 1.33 bits per heavy atom.